The molecule has 1 aromatic carbocycles. The van der Waals surface area contributed by atoms with Gasteiger partial charge in [0, 0.05) is 31.7 Å². The van der Waals surface area contributed by atoms with Gasteiger partial charge in [0.05, 0.1) is 5.39 Å². The van der Waals surface area contributed by atoms with Crippen molar-refractivity contribution in [3.05, 3.63) is 47.9 Å². The van der Waals surface area contributed by atoms with E-state index < -0.39 is 0 Å². The second-order valence-electron chi connectivity index (χ2n) is 7.51. The Labute approximate surface area is 168 Å². The second kappa shape index (κ2) is 7.54. The number of hydrogen-bond donors (Lipinski definition) is 2. The molecule has 29 heavy (non-hydrogen) atoms. The van der Waals surface area contributed by atoms with Gasteiger partial charge in [0.25, 0.3) is 5.91 Å². The van der Waals surface area contributed by atoms with Gasteiger partial charge in [0.1, 0.15) is 23.5 Å². The molecule has 1 aliphatic heterocycles. The maximum absolute atomic E-state index is 13.1. The number of aryl methyl sites for hydroxylation is 2. The van der Waals surface area contributed by atoms with E-state index in [2.05, 4.69) is 15.3 Å². The third-order valence-corrected chi connectivity index (χ3v) is 5.54. The average molecular weight is 392 g/mol. The number of likely N-dealkylation sites (tertiary alicyclic amines) is 1. The number of anilines is 2. The minimum Gasteiger partial charge on any atom is -0.369 e. The number of aromatic nitrogens is 3. The van der Waals surface area contributed by atoms with Gasteiger partial charge in [-0.15, -0.1) is 0 Å². The topological polar surface area (TPSA) is 106 Å². The number of benzene rings is 1. The average Bonchev–Trinajstić information content (AvgIpc) is 3.07. The second-order valence-corrected chi connectivity index (χ2v) is 7.51. The summed E-state index contributed by atoms with van der Waals surface area (Å²) in [5.41, 5.74) is 8.72. The molecule has 0 unspecified atom stereocenters. The molecule has 2 aromatic heterocycles. The Kier molecular flexibility index (Phi) is 4.92. The van der Waals surface area contributed by atoms with Crippen LogP contribution >= 0.6 is 0 Å². The van der Waals surface area contributed by atoms with E-state index in [1.165, 1.54) is 11.9 Å². The molecule has 8 heteroatoms. The fourth-order valence-electron chi connectivity index (χ4n) is 3.74. The fraction of sp³-hybridized carbons (Fsp3) is 0.333. The summed E-state index contributed by atoms with van der Waals surface area (Å²) >= 11 is 0. The Morgan fingerprint density at radius 3 is 2.48 bits per heavy atom. The number of fused-ring (bicyclic) bond motifs is 1. The highest BCUT2D eigenvalue weighted by Gasteiger charge is 2.28. The summed E-state index contributed by atoms with van der Waals surface area (Å²) in [5, 5.41) is 4.09. The number of nitrogens with one attached hydrogen (secondary N) is 1. The molecule has 150 valence electrons. The van der Waals surface area contributed by atoms with Crippen LogP contribution in [0.5, 0.6) is 0 Å². The number of rotatable bonds is 4. The van der Waals surface area contributed by atoms with Gasteiger partial charge in [-0.3, -0.25) is 9.59 Å². The number of piperidine rings is 1. The Morgan fingerprint density at radius 1 is 1.14 bits per heavy atom. The molecule has 0 radical (unpaired) electrons. The SMILES string of the molecule is Cc1ccc(Nc2ncnc3c2cc(C(=O)N2CCC(C(N)=O)CC2)n3C)cc1. The van der Waals surface area contributed by atoms with Crippen LogP contribution in [0.3, 0.4) is 0 Å². The van der Waals surface area contributed by atoms with Gasteiger partial charge in [-0.1, -0.05) is 17.7 Å². The molecule has 3 N–H and O–H groups in total. The molecule has 0 bridgehead atoms. The number of hydrogen-bond acceptors (Lipinski definition) is 5. The van der Waals surface area contributed by atoms with Crippen LogP contribution in [0.25, 0.3) is 11.0 Å². The maximum atomic E-state index is 13.1. The normalized spacial score (nSPS) is 14.9. The third kappa shape index (κ3) is 3.65. The smallest absolute Gasteiger partial charge is 0.270 e. The van der Waals surface area contributed by atoms with Crippen LogP contribution in [0.4, 0.5) is 11.5 Å². The van der Waals surface area contributed by atoms with Crippen LogP contribution in [-0.4, -0.2) is 44.3 Å². The molecule has 4 rings (SSSR count). The van der Waals surface area contributed by atoms with Crippen molar-refractivity contribution < 1.29 is 9.59 Å². The molecule has 0 saturated carbocycles. The monoisotopic (exact) mass is 392 g/mol. The van der Waals surface area contributed by atoms with E-state index in [-0.39, 0.29) is 17.7 Å². The van der Waals surface area contributed by atoms with Crippen LogP contribution in [0.15, 0.2) is 36.7 Å². The summed E-state index contributed by atoms with van der Waals surface area (Å²) in [4.78, 5) is 35.0. The molecular weight excluding hydrogens is 368 g/mol. The lowest BCUT2D eigenvalue weighted by Crippen LogP contribution is -2.42. The van der Waals surface area contributed by atoms with Crippen molar-refractivity contribution in [3.63, 3.8) is 0 Å². The molecule has 0 spiro atoms. The molecule has 8 nitrogen and oxygen atoms in total. The first-order chi connectivity index (χ1) is 13.9. The summed E-state index contributed by atoms with van der Waals surface area (Å²) in [6, 6.07) is 9.85. The van der Waals surface area contributed by atoms with E-state index in [9.17, 15) is 9.59 Å². The quantitative estimate of drug-likeness (QED) is 0.709. The summed E-state index contributed by atoms with van der Waals surface area (Å²) in [6.45, 7) is 3.08. The van der Waals surface area contributed by atoms with Gasteiger partial charge in [0.2, 0.25) is 5.91 Å². The van der Waals surface area contributed by atoms with Gasteiger partial charge in [-0.05, 0) is 38.0 Å². The van der Waals surface area contributed by atoms with Crippen LogP contribution in [0, 0.1) is 12.8 Å². The van der Waals surface area contributed by atoms with Crippen LogP contribution < -0.4 is 11.1 Å². The van der Waals surface area contributed by atoms with Crippen LogP contribution in [0.1, 0.15) is 28.9 Å². The zero-order valence-corrected chi connectivity index (χ0v) is 16.6. The van der Waals surface area contributed by atoms with Gasteiger partial charge in [0.15, 0.2) is 0 Å². The Balaban J connectivity index is 1.61. The van der Waals surface area contributed by atoms with E-state index in [1.54, 1.807) is 9.47 Å². The van der Waals surface area contributed by atoms with Crippen molar-refractivity contribution in [3.8, 4) is 0 Å². The molecular formula is C21H24N6O2. The number of nitrogens with zero attached hydrogens (tertiary/aromatic N) is 4. The van der Waals surface area contributed by atoms with Gasteiger partial charge in [-0.2, -0.15) is 0 Å². The minimum absolute atomic E-state index is 0.0743. The Hall–Kier alpha value is -3.42. The van der Waals surface area contributed by atoms with Gasteiger partial charge >= 0.3 is 0 Å². The van der Waals surface area contributed by atoms with Gasteiger partial charge < -0.3 is 20.5 Å². The summed E-state index contributed by atoms with van der Waals surface area (Å²) < 4.78 is 1.79. The summed E-state index contributed by atoms with van der Waals surface area (Å²) in [7, 11) is 1.83. The fourth-order valence-corrected chi connectivity index (χ4v) is 3.74. The van der Waals surface area contributed by atoms with E-state index in [1.807, 2.05) is 44.3 Å². The van der Waals surface area contributed by atoms with Crippen molar-refractivity contribution >= 4 is 34.4 Å². The zero-order valence-electron chi connectivity index (χ0n) is 16.6. The Bertz CT molecular complexity index is 1060. The first-order valence-electron chi connectivity index (χ1n) is 9.66. The predicted molar refractivity (Wildman–Crippen MR) is 111 cm³/mol. The summed E-state index contributed by atoms with van der Waals surface area (Å²) in [6.07, 6.45) is 2.70. The molecule has 0 atom stereocenters. The largest absolute Gasteiger partial charge is 0.369 e. The van der Waals surface area contributed by atoms with E-state index in [0.29, 0.717) is 43.1 Å². The lowest BCUT2D eigenvalue weighted by Gasteiger charge is -2.30. The number of primary amides is 1. The number of amides is 2. The number of carbonyl (C=O) groups is 2. The molecule has 1 aliphatic rings. The zero-order chi connectivity index (χ0) is 20.5. The van der Waals surface area contributed by atoms with Crippen molar-refractivity contribution in [2.24, 2.45) is 18.7 Å². The third-order valence-electron chi connectivity index (χ3n) is 5.54. The van der Waals surface area contributed by atoms with Crippen molar-refractivity contribution in [1.29, 1.82) is 0 Å². The molecule has 1 fully saturated rings. The predicted octanol–water partition coefficient (Wildman–Crippen LogP) is 2.36. The van der Waals surface area contributed by atoms with Crippen LogP contribution in [0.2, 0.25) is 0 Å². The first kappa shape index (κ1) is 18.9. The van der Waals surface area contributed by atoms with E-state index >= 15 is 0 Å². The molecule has 3 aromatic rings. The molecule has 3 heterocycles. The lowest BCUT2D eigenvalue weighted by atomic mass is 9.96. The van der Waals surface area contributed by atoms with Gasteiger partial charge in [-0.25, -0.2) is 9.97 Å². The molecule has 1 saturated heterocycles. The standard InChI is InChI=1S/C21H24N6O2/c1-13-3-5-15(6-4-13)25-19-16-11-17(26(2)20(16)24-12-23-19)21(29)27-9-7-14(8-10-27)18(22)28/h3-6,11-12,14H,7-10H2,1-2H3,(H2,22,28)(H,23,24,25). The van der Waals surface area contributed by atoms with E-state index in [0.717, 1.165) is 11.1 Å². The molecule has 0 aliphatic carbocycles. The number of carbonyl (C=O) groups excluding carboxylic acids is 2. The molecule has 2 amide bonds. The lowest BCUT2D eigenvalue weighted by molar-refractivity contribution is -0.123. The highest BCUT2D eigenvalue weighted by molar-refractivity contribution is 6.01. The van der Waals surface area contributed by atoms with Crippen LogP contribution in [-0.2, 0) is 11.8 Å². The van der Waals surface area contributed by atoms with E-state index in [4.69, 9.17) is 5.73 Å². The Morgan fingerprint density at radius 2 is 1.83 bits per heavy atom. The van der Waals surface area contributed by atoms with Crippen molar-refractivity contribution in [1.82, 2.24) is 19.4 Å². The van der Waals surface area contributed by atoms with Crippen molar-refractivity contribution in [2.75, 3.05) is 18.4 Å². The van der Waals surface area contributed by atoms with Crippen molar-refractivity contribution in [2.45, 2.75) is 19.8 Å². The summed E-state index contributed by atoms with van der Waals surface area (Å²) in [5.74, 6) is 0.141. The minimum atomic E-state index is -0.288. The number of nitrogens with two attached hydrogens (primary N) is 1. The highest BCUT2D eigenvalue weighted by Crippen LogP contribution is 2.27. The highest BCUT2D eigenvalue weighted by atomic mass is 16.2. The maximum Gasteiger partial charge on any atom is 0.270 e. The first-order valence-corrected chi connectivity index (χ1v) is 9.66.